The average Bonchev–Trinajstić information content (AvgIpc) is 2.59. The van der Waals surface area contributed by atoms with Gasteiger partial charge in [0.05, 0.1) is 29.3 Å². The number of aliphatic imine (C=N–C) groups is 1. The maximum Gasteiger partial charge on any atom is 0.163 e. The zero-order valence-electron chi connectivity index (χ0n) is 13.6. The zero-order valence-corrected chi connectivity index (χ0v) is 14.3. The van der Waals surface area contributed by atoms with Crippen molar-refractivity contribution in [2.75, 3.05) is 31.4 Å². The highest BCUT2D eigenvalue weighted by atomic mass is 35.5. The first-order valence-electron chi connectivity index (χ1n) is 7.56. The minimum absolute atomic E-state index is 0.0231. The number of nitrogens with two attached hydrogens (primary N) is 2. The molecule has 3 rings (SSSR count). The third kappa shape index (κ3) is 3.26. The maximum absolute atomic E-state index is 13.5. The number of hydrogen-bond acceptors (Lipinski definition) is 6. The van der Waals surface area contributed by atoms with Gasteiger partial charge in [-0.15, -0.1) is 0 Å². The Balaban J connectivity index is 2.02. The Morgan fingerprint density at radius 2 is 2.08 bits per heavy atom. The van der Waals surface area contributed by atoms with Crippen LogP contribution in [0.2, 0.25) is 5.02 Å². The van der Waals surface area contributed by atoms with Crippen LogP contribution in [0.15, 0.2) is 35.3 Å². The minimum atomic E-state index is -1.24. The van der Waals surface area contributed by atoms with E-state index in [0.29, 0.717) is 41.5 Å². The largest absolute Gasteiger partial charge is 0.489 e. The number of rotatable bonds is 5. The third-order valence-corrected chi connectivity index (χ3v) is 4.24. The van der Waals surface area contributed by atoms with E-state index in [1.54, 1.807) is 25.3 Å². The van der Waals surface area contributed by atoms with Crippen LogP contribution in [0, 0.1) is 5.82 Å². The first kappa shape index (κ1) is 17.5. The van der Waals surface area contributed by atoms with E-state index in [1.165, 1.54) is 18.5 Å². The van der Waals surface area contributed by atoms with Crippen molar-refractivity contribution in [2.24, 2.45) is 10.7 Å². The molecule has 1 unspecified atom stereocenters. The number of benzene rings is 2. The topological polar surface area (TPSA) is 94.9 Å². The second-order valence-corrected chi connectivity index (χ2v) is 5.98. The van der Waals surface area contributed by atoms with E-state index in [4.69, 9.17) is 32.5 Å². The molecule has 0 bridgehead atoms. The molecular weight excluding hydrogens is 347 g/mol. The van der Waals surface area contributed by atoms with Gasteiger partial charge in [-0.05, 0) is 18.2 Å². The first-order valence-corrected chi connectivity index (χ1v) is 7.94. The van der Waals surface area contributed by atoms with Crippen LogP contribution in [0.4, 0.5) is 15.8 Å². The second-order valence-electron chi connectivity index (χ2n) is 5.57. The molecule has 25 heavy (non-hydrogen) atoms. The predicted octanol–water partition coefficient (Wildman–Crippen LogP) is 2.70. The molecule has 132 valence electrons. The Hall–Kier alpha value is -2.35. The van der Waals surface area contributed by atoms with Gasteiger partial charge in [0.1, 0.15) is 18.2 Å². The molecule has 0 fully saturated rings. The SMILES string of the molecule is COCCOc1cc2c(cc1N)C(N)(c1ccc(F)c(Cl)c1)N=CN2. The molecule has 0 aromatic heterocycles. The van der Waals surface area contributed by atoms with E-state index in [9.17, 15) is 4.39 Å². The molecule has 5 N–H and O–H groups in total. The normalized spacial score (nSPS) is 18.6. The smallest absolute Gasteiger partial charge is 0.163 e. The third-order valence-electron chi connectivity index (χ3n) is 3.95. The zero-order chi connectivity index (χ0) is 18.0. The Morgan fingerprint density at radius 3 is 2.80 bits per heavy atom. The summed E-state index contributed by atoms with van der Waals surface area (Å²) < 4.78 is 24.0. The van der Waals surface area contributed by atoms with Crippen molar-refractivity contribution >= 4 is 29.3 Å². The highest BCUT2D eigenvalue weighted by Crippen LogP contribution is 2.41. The van der Waals surface area contributed by atoms with Crippen LogP contribution in [0.25, 0.3) is 0 Å². The van der Waals surface area contributed by atoms with E-state index in [2.05, 4.69) is 10.3 Å². The van der Waals surface area contributed by atoms with E-state index in [-0.39, 0.29) is 5.02 Å². The van der Waals surface area contributed by atoms with Gasteiger partial charge >= 0.3 is 0 Å². The number of hydrogen-bond donors (Lipinski definition) is 3. The predicted molar refractivity (Wildman–Crippen MR) is 96.7 cm³/mol. The van der Waals surface area contributed by atoms with Crippen molar-refractivity contribution in [3.05, 3.63) is 52.3 Å². The van der Waals surface area contributed by atoms with Gasteiger partial charge in [0.15, 0.2) is 5.66 Å². The molecule has 0 spiro atoms. The fraction of sp³-hybridized carbons (Fsp3) is 0.235. The summed E-state index contributed by atoms with van der Waals surface area (Å²) in [6.07, 6.45) is 1.48. The molecule has 0 saturated carbocycles. The lowest BCUT2D eigenvalue weighted by molar-refractivity contribution is 0.147. The molecule has 0 radical (unpaired) electrons. The summed E-state index contributed by atoms with van der Waals surface area (Å²) in [5.74, 6) is -0.00773. The van der Waals surface area contributed by atoms with Crippen LogP contribution < -0.4 is 21.5 Å². The summed E-state index contributed by atoms with van der Waals surface area (Å²) in [7, 11) is 1.59. The number of fused-ring (bicyclic) bond motifs is 1. The highest BCUT2D eigenvalue weighted by Gasteiger charge is 2.34. The minimum Gasteiger partial charge on any atom is -0.489 e. The number of ether oxygens (including phenoxy) is 2. The fourth-order valence-electron chi connectivity index (χ4n) is 2.63. The van der Waals surface area contributed by atoms with Crippen molar-refractivity contribution < 1.29 is 13.9 Å². The van der Waals surface area contributed by atoms with Crippen molar-refractivity contribution in [3.8, 4) is 5.75 Å². The summed E-state index contributed by atoms with van der Waals surface area (Å²) in [6, 6.07) is 7.71. The molecule has 6 nitrogen and oxygen atoms in total. The first-order chi connectivity index (χ1) is 12.0. The average molecular weight is 365 g/mol. The van der Waals surface area contributed by atoms with Gasteiger partial charge in [-0.25, -0.2) is 9.38 Å². The van der Waals surface area contributed by atoms with Gasteiger partial charge in [0, 0.05) is 24.3 Å². The monoisotopic (exact) mass is 364 g/mol. The number of nitrogens with zero attached hydrogens (tertiary/aromatic N) is 1. The van der Waals surface area contributed by atoms with Crippen molar-refractivity contribution in [1.29, 1.82) is 0 Å². The second kappa shape index (κ2) is 6.87. The molecule has 1 aliphatic heterocycles. The van der Waals surface area contributed by atoms with Gasteiger partial charge in [0.2, 0.25) is 0 Å². The van der Waals surface area contributed by atoms with Crippen molar-refractivity contribution in [3.63, 3.8) is 0 Å². The van der Waals surface area contributed by atoms with Crippen LogP contribution in [-0.2, 0) is 10.4 Å². The molecule has 0 saturated heterocycles. The quantitative estimate of drug-likeness (QED) is 0.560. The number of anilines is 2. The Bertz CT molecular complexity index is 831. The fourth-order valence-corrected chi connectivity index (χ4v) is 2.81. The molecule has 0 aliphatic carbocycles. The van der Waals surface area contributed by atoms with E-state index in [1.807, 2.05) is 0 Å². The van der Waals surface area contributed by atoms with Crippen LogP contribution in [0.5, 0.6) is 5.75 Å². The number of halogens is 2. The van der Waals surface area contributed by atoms with Crippen LogP contribution in [0.1, 0.15) is 11.1 Å². The molecular formula is C17H18ClFN4O2. The number of nitrogen functional groups attached to an aromatic ring is 1. The van der Waals surface area contributed by atoms with Gasteiger partial charge in [-0.3, -0.25) is 5.73 Å². The molecule has 0 amide bonds. The van der Waals surface area contributed by atoms with Crippen LogP contribution in [-0.4, -0.2) is 26.7 Å². The molecule has 8 heteroatoms. The Labute approximate surface area is 149 Å². The van der Waals surface area contributed by atoms with Gasteiger partial charge in [0.25, 0.3) is 0 Å². The maximum atomic E-state index is 13.5. The number of nitrogens with one attached hydrogen (secondary N) is 1. The summed E-state index contributed by atoms with van der Waals surface area (Å²) in [5, 5.41) is 3.00. The van der Waals surface area contributed by atoms with E-state index < -0.39 is 11.5 Å². The van der Waals surface area contributed by atoms with Crippen molar-refractivity contribution in [2.45, 2.75) is 5.66 Å². The highest BCUT2D eigenvalue weighted by molar-refractivity contribution is 6.30. The summed E-state index contributed by atoms with van der Waals surface area (Å²) in [6.45, 7) is 0.815. The molecule has 1 atom stereocenters. The van der Waals surface area contributed by atoms with Gasteiger partial charge in [-0.1, -0.05) is 17.7 Å². The number of methoxy groups -OCH3 is 1. The summed E-state index contributed by atoms with van der Waals surface area (Å²) in [4.78, 5) is 4.33. The lowest BCUT2D eigenvalue weighted by atomic mass is 9.89. The Morgan fingerprint density at radius 1 is 1.28 bits per heavy atom. The van der Waals surface area contributed by atoms with E-state index in [0.717, 1.165) is 0 Å². The van der Waals surface area contributed by atoms with Gasteiger partial charge < -0.3 is 20.5 Å². The Kier molecular flexibility index (Phi) is 4.80. The molecule has 2 aromatic carbocycles. The molecule has 1 aliphatic rings. The standard InChI is InChI=1S/C17H18ClFN4O2/c1-24-4-5-25-16-8-15-11(7-14(16)20)17(21,23-9-22-15)10-2-3-13(19)12(18)6-10/h2-3,6-9H,4-5,20-21H2,1H3,(H,22,23). The summed E-state index contributed by atoms with van der Waals surface area (Å²) in [5.41, 5.74) is 13.7. The lowest BCUT2D eigenvalue weighted by Gasteiger charge is -2.32. The van der Waals surface area contributed by atoms with Crippen molar-refractivity contribution in [1.82, 2.24) is 0 Å². The summed E-state index contributed by atoms with van der Waals surface area (Å²) >= 11 is 5.89. The molecule has 1 heterocycles. The lowest BCUT2D eigenvalue weighted by Crippen LogP contribution is -2.39. The van der Waals surface area contributed by atoms with Gasteiger partial charge in [-0.2, -0.15) is 0 Å². The molecule has 2 aromatic rings. The van der Waals surface area contributed by atoms with Crippen LogP contribution >= 0.6 is 11.6 Å². The van der Waals surface area contributed by atoms with E-state index >= 15 is 0 Å². The van der Waals surface area contributed by atoms with Crippen LogP contribution in [0.3, 0.4) is 0 Å².